The third-order valence-electron chi connectivity index (χ3n) is 3.03. The van der Waals surface area contributed by atoms with E-state index in [2.05, 4.69) is 36.1 Å². The minimum atomic E-state index is -0.342. The molecule has 1 N–H and O–H groups in total. The van der Waals surface area contributed by atoms with Crippen LogP contribution in [0.25, 0.3) is 0 Å². The summed E-state index contributed by atoms with van der Waals surface area (Å²) < 4.78 is 0. The summed E-state index contributed by atoms with van der Waals surface area (Å²) in [6.45, 7) is 8.24. The van der Waals surface area contributed by atoms with Crippen molar-refractivity contribution in [2.24, 2.45) is 0 Å². The zero-order valence-electron chi connectivity index (χ0n) is 11.4. The quantitative estimate of drug-likeness (QED) is 0.806. The highest BCUT2D eigenvalue weighted by atomic mass is 35.5. The number of anilines is 1. The molecule has 1 aromatic heterocycles. The van der Waals surface area contributed by atoms with Gasteiger partial charge in [-0.05, 0) is 25.3 Å². The van der Waals surface area contributed by atoms with E-state index in [-0.39, 0.29) is 5.54 Å². The van der Waals surface area contributed by atoms with Crippen molar-refractivity contribution >= 4 is 29.2 Å². The van der Waals surface area contributed by atoms with Gasteiger partial charge in [-0.1, -0.05) is 20.8 Å². The van der Waals surface area contributed by atoms with E-state index in [4.69, 9.17) is 23.2 Å². The SMILES string of the molecule is CCC(CCl)(CCl)Nc1nc(C)cc(C(C)C)n1. The van der Waals surface area contributed by atoms with Crippen molar-refractivity contribution in [3.8, 4) is 0 Å². The highest BCUT2D eigenvalue weighted by Gasteiger charge is 2.27. The smallest absolute Gasteiger partial charge is 0.223 e. The van der Waals surface area contributed by atoms with E-state index in [0.29, 0.717) is 23.6 Å². The topological polar surface area (TPSA) is 37.8 Å². The molecule has 0 saturated carbocycles. The van der Waals surface area contributed by atoms with E-state index in [1.165, 1.54) is 0 Å². The number of hydrogen-bond donors (Lipinski definition) is 1. The standard InChI is InChI=1S/C13H21Cl2N3/c1-5-13(7-14,8-15)18-12-16-10(4)6-11(17-12)9(2)3/h6,9H,5,7-8H2,1-4H3,(H,16,17,18). The first kappa shape index (κ1) is 15.5. The minimum absolute atomic E-state index is 0.342. The van der Waals surface area contributed by atoms with Crippen molar-refractivity contribution in [2.45, 2.75) is 45.6 Å². The predicted molar refractivity (Wildman–Crippen MR) is 78.9 cm³/mol. The maximum Gasteiger partial charge on any atom is 0.223 e. The molecule has 0 saturated heterocycles. The summed E-state index contributed by atoms with van der Waals surface area (Å²) in [5.41, 5.74) is 1.63. The van der Waals surface area contributed by atoms with Crippen LogP contribution in [0.5, 0.6) is 0 Å². The molecule has 0 aliphatic carbocycles. The third kappa shape index (κ3) is 3.72. The average molecular weight is 290 g/mol. The number of nitrogens with one attached hydrogen (secondary N) is 1. The van der Waals surface area contributed by atoms with Gasteiger partial charge in [-0.15, -0.1) is 23.2 Å². The van der Waals surface area contributed by atoms with E-state index in [1.54, 1.807) is 0 Å². The molecular formula is C13H21Cl2N3. The molecule has 18 heavy (non-hydrogen) atoms. The van der Waals surface area contributed by atoms with Gasteiger partial charge in [0, 0.05) is 23.1 Å². The van der Waals surface area contributed by atoms with Gasteiger partial charge in [-0.2, -0.15) is 0 Å². The van der Waals surface area contributed by atoms with Gasteiger partial charge in [0.2, 0.25) is 5.95 Å². The van der Waals surface area contributed by atoms with Crippen LogP contribution >= 0.6 is 23.2 Å². The zero-order chi connectivity index (χ0) is 13.8. The van der Waals surface area contributed by atoms with Gasteiger partial charge in [-0.25, -0.2) is 9.97 Å². The highest BCUT2D eigenvalue weighted by molar-refractivity contribution is 6.22. The van der Waals surface area contributed by atoms with Crippen molar-refractivity contribution in [2.75, 3.05) is 17.1 Å². The summed E-state index contributed by atoms with van der Waals surface area (Å²) in [5, 5.41) is 3.29. The molecule has 0 atom stereocenters. The monoisotopic (exact) mass is 289 g/mol. The Morgan fingerprint density at radius 1 is 1.28 bits per heavy atom. The van der Waals surface area contributed by atoms with Crippen molar-refractivity contribution in [1.29, 1.82) is 0 Å². The molecule has 0 fully saturated rings. The second kappa shape index (κ2) is 6.58. The molecule has 1 rings (SSSR count). The number of aryl methyl sites for hydroxylation is 1. The lowest BCUT2D eigenvalue weighted by Crippen LogP contribution is -2.42. The summed E-state index contributed by atoms with van der Waals surface area (Å²) in [4.78, 5) is 8.93. The first-order valence-electron chi connectivity index (χ1n) is 6.22. The van der Waals surface area contributed by atoms with Crippen LogP contribution < -0.4 is 5.32 Å². The summed E-state index contributed by atoms with van der Waals surface area (Å²) in [5.74, 6) is 1.85. The first-order valence-corrected chi connectivity index (χ1v) is 7.29. The molecule has 3 nitrogen and oxygen atoms in total. The van der Waals surface area contributed by atoms with E-state index in [1.807, 2.05) is 13.0 Å². The van der Waals surface area contributed by atoms with Crippen LogP contribution in [-0.2, 0) is 0 Å². The first-order chi connectivity index (χ1) is 8.46. The third-order valence-corrected chi connectivity index (χ3v) is 4.05. The number of halogens is 2. The Balaban J connectivity index is 3.03. The molecule has 0 spiro atoms. The second-order valence-electron chi connectivity index (χ2n) is 4.94. The maximum absolute atomic E-state index is 6.01. The lowest BCUT2D eigenvalue weighted by atomic mass is 10.0. The fourth-order valence-corrected chi connectivity index (χ4v) is 2.36. The number of nitrogens with zero attached hydrogens (tertiary/aromatic N) is 2. The predicted octanol–water partition coefficient (Wildman–Crippen LogP) is 3.95. The van der Waals surface area contributed by atoms with Crippen molar-refractivity contribution < 1.29 is 0 Å². The molecule has 0 aliphatic rings. The van der Waals surface area contributed by atoms with Gasteiger partial charge < -0.3 is 5.32 Å². The van der Waals surface area contributed by atoms with Crippen LogP contribution in [0.1, 0.15) is 44.5 Å². The fraction of sp³-hybridized carbons (Fsp3) is 0.692. The zero-order valence-corrected chi connectivity index (χ0v) is 12.9. The normalized spacial score (nSPS) is 11.9. The lowest BCUT2D eigenvalue weighted by Gasteiger charge is -2.29. The van der Waals surface area contributed by atoms with E-state index >= 15 is 0 Å². The molecule has 0 aliphatic heterocycles. The summed E-state index contributed by atoms with van der Waals surface area (Å²) in [6, 6.07) is 2.00. The Morgan fingerprint density at radius 2 is 1.89 bits per heavy atom. The van der Waals surface area contributed by atoms with E-state index in [9.17, 15) is 0 Å². The Hall–Kier alpha value is -0.540. The molecule has 0 bridgehead atoms. The maximum atomic E-state index is 6.01. The molecular weight excluding hydrogens is 269 g/mol. The summed E-state index contributed by atoms with van der Waals surface area (Å²) in [7, 11) is 0. The van der Waals surface area contributed by atoms with E-state index < -0.39 is 0 Å². The molecule has 1 heterocycles. The van der Waals surface area contributed by atoms with Gasteiger partial charge in [0.05, 0.1) is 5.54 Å². The van der Waals surface area contributed by atoms with Crippen LogP contribution in [0.2, 0.25) is 0 Å². The largest absolute Gasteiger partial charge is 0.346 e. The van der Waals surface area contributed by atoms with Gasteiger partial charge in [0.25, 0.3) is 0 Å². The molecule has 1 aromatic rings. The highest BCUT2D eigenvalue weighted by Crippen LogP contribution is 2.22. The molecule has 0 amide bonds. The number of hydrogen-bond acceptors (Lipinski definition) is 3. The van der Waals surface area contributed by atoms with Crippen LogP contribution in [0.3, 0.4) is 0 Å². The molecule has 5 heteroatoms. The molecule has 0 unspecified atom stereocenters. The van der Waals surface area contributed by atoms with Gasteiger partial charge >= 0.3 is 0 Å². The van der Waals surface area contributed by atoms with Gasteiger partial charge in [0.15, 0.2) is 0 Å². The average Bonchev–Trinajstić information content (AvgIpc) is 2.35. The van der Waals surface area contributed by atoms with Crippen LogP contribution in [0.15, 0.2) is 6.07 Å². The van der Waals surface area contributed by atoms with E-state index in [0.717, 1.165) is 17.8 Å². The Bertz CT molecular complexity index is 382. The number of rotatable bonds is 6. The Morgan fingerprint density at radius 3 is 2.33 bits per heavy atom. The van der Waals surface area contributed by atoms with Crippen LogP contribution in [0, 0.1) is 6.92 Å². The Kier molecular flexibility index (Phi) is 5.67. The molecule has 0 aromatic carbocycles. The number of aromatic nitrogens is 2. The van der Waals surface area contributed by atoms with Crippen molar-refractivity contribution in [1.82, 2.24) is 9.97 Å². The fourth-order valence-electron chi connectivity index (χ4n) is 1.56. The summed E-state index contributed by atoms with van der Waals surface area (Å²) >= 11 is 12.0. The van der Waals surface area contributed by atoms with Crippen molar-refractivity contribution in [3.05, 3.63) is 17.5 Å². The van der Waals surface area contributed by atoms with Gasteiger partial charge in [-0.3, -0.25) is 0 Å². The van der Waals surface area contributed by atoms with Crippen molar-refractivity contribution in [3.63, 3.8) is 0 Å². The minimum Gasteiger partial charge on any atom is -0.346 e. The van der Waals surface area contributed by atoms with Crippen LogP contribution in [-0.4, -0.2) is 27.3 Å². The molecule has 0 radical (unpaired) electrons. The van der Waals surface area contributed by atoms with Crippen LogP contribution in [0.4, 0.5) is 5.95 Å². The molecule has 102 valence electrons. The Labute approximate surface area is 119 Å². The van der Waals surface area contributed by atoms with Gasteiger partial charge in [0.1, 0.15) is 0 Å². The second-order valence-corrected chi connectivity index (χ2v) is 5.47. The lowest BCUT2D eigenvalue weighted by molar-refractivity contribution is 0.553. The number of alkyl halides is 2. The summed E-state index contributed by atoms with van der Waals surface area (Å²) in [6.07, 6.45) is 0.828.